The van der Waals surface area contributed by atoms with E-state index in [0.717, 1.165) is 11.5 Å². The van der Waals surface area contributed by atoms with Gasteiger partial charge in [-0.3, -0.25) is 0 Å². The van der Waals surface area contributed by atoms with Crippen LogP contribution in [0, 0.1) is 27.7 Å². The highest BCUT2D eigenvalue weighted by Crippen LogP contribution is 2.21. The number of ether oxygens (including phenoxy) is 1. The van der Waals surface area contributed by atoms with Crippen molar-refractivity contribution < 1.29 is 4.74 Å². The molecule has 0 unspecified atom stereocenters. The molecule has 4 rings (SSSR count). The van der Waals surface area contributed by atoms with Crippen molar-refractivity contribution in [3.63, 3.8) is 0 Å². The molecule has 0 amide bonds. The van der Waals surface area contributed by atoms with Crippen molar-refractivity contribution in [1.29, 1.82) is 0 Å². The fourth-order valence-electron chi connectivity index (χ4n) is 2.72. The molecule has 0 aliphatic carbocycles. The molecule has 3 aromatic carbocycles. The lowest BCUT2D eigenvalue weighted by Crippen LogP contribution is -1.84. The smallest absolute Gasteiger partial charge is 0.127 e. The number of nitrogens with one attached hydrogen (secondary N) is 1. The van der Waals surface area contributed by atoms with Gasteiger partial charge in [0.15, 0.2) is 0 Å². The average Bonchev–Trinajstić information content (AvgIpc) is 3.00. The standard InChI is InChI=1S/C14H14O.C10H11N.CH4/c1-11-3-7-13(8-4-11)15-14-9-5-12(2)6-10-14;1-7-3-4-10-9(5-7)8(2)6-11-10;/h3-10H,1-2H3;3-6,11H,1-2H3;1H4. The Balaban J connectivity index is 0.000000194. The third-order valence-electron chi connectivity index (χ3n) is 4.32. The lowest BCUT2D eigenvalue weighted by atomic mass is 10.1. The first kappa shape index (κ1) is 20.3. The normalized spacial score (nSPS) is 9.93. The molecular weight excluding hydrogens is 330 g/mol. The van der Waals surface area contributed by atoms with Gasteiger partial charge in [-0.15, -0.1) is 0 Å². The van der Waals surface area contributed by atoms with E-state index in [1.807, 2.05) is 54.7 Å². The van der Waals surface area contributed by atoms with Gasteiger partial charge in [0.25, 0.3) is 0 Å². The topological polar surface area (TPSA) is 25.0 Å². The molecule has 0 saturated heterocycles. The Morgan fingerprint density at radius 3 is 1.63 bits per heavy atom. The van der Waals surface area contributed by atoms with Crippen LogP contribution in [0.1, 0.15) is 29.7 Å². The summed E-state index contributed by atoms with van der Waals surface area (Å²) in [4.78, 5) is 3.22. The molecule has 0 radical (unpaired) electrons. The molecule has 2 heteroatoms. The number of rotatable bonds is 2. The second kappa shape index (κ2) is 9.09. The van der Waals surface area contributed by atoms with E-state index in [4.69, 9.17) is 4.74 Å². The molecular formula is C25H29NO. The molecule has 2 nitrogen and oxygen atoms in total. The Morgan fingerprint density at radius 2 is 1.11 bits per heavy atom. The minimum Gasteiger partial charge on any atom is -0.457 e. The first-order chi connectivity index (χ1) is 12.5. The Morgan fingerprint density at radius 1 is 0.630 bits per heavy atom. The first-order valence-electron chi connectivity index (χ1n) is 8.87. The number of aryl methyl sites for hydroxylation is 4. The van der Waals surface area contributed by atoms with E-state index >= 15 is 0 Å². The SMILES string of the molecule is C.Cc1ccc(Oc2ccc(C)cc2)cc1.Cc1ccc2[nH]cc(C)c2c1. The van der Waals surface area contributed by atoms with Gasteiger partial charge in [-0.2, -0.15) is 0 Å². The van der Waals surface area contributed by atoms with Crippen LogP contribution in [0.3, 0.4) is 0 Å². The minimum atomic E-state index is 0. The molecule has 0 bridgehead atoms. The fourth-order valence-corrected chi connectivity index (χ4v) is 2.72. The molecule has 27 heavy (non-hydrogen) atoms. The quantitative estimate of drug-likeness (QED) is 0.393. The van der Waals surface area contributed by atoms with Crippen LogP contribution in [0.5, 0.6) is 11.5 Å². The predicted molar refractivity (Wildman–Crippen MR) is 117 cm³/mol. The Bertz CT molecular complexity index is 936. The first-order valence-corrected chi connectivity index (χ1v) is 8.87. The molecule has 4 aromatic rings. The summed E-state index contributed by atoms with van der Waals surface area (Å²) in [5.41, 5.74) is 6.36. The largest absolute Gasteiger partial charge is 0.457 e. The molecule has 1 heterocycles. The van der Waals surface area contributed by atoms with Gasteiger partial charge in [0.05, 0.1) is 0 Å². The van der Waals surface area contributed by atoms with Gasteiger partial charge >= 0.3 is 0 Å². The number of aromatic nitrogens is 1. The van der Waals surface area contributed by atoms with Crippen molar-refractivity contribution in [1.82, 2.24) is 4.98 Å². The third-order valence-corrected chi connectivity index (χ3v) is 4.32. The van der Waals surface area contributed by atoms with Crippen LogP contribution in [0.2, 0.25) is 0 Å². The van der Waals surface area contributed by atoms with Gasteiger partial charge in [-0.1, -0.05) is 54.4 Å². The van der Waals surface area contributed by atoms with Crippen molar-refractivity contribution in [3.05, 3.63) is 95.2 Å². The van der Waals surface area contributed by atoms with Gasteiger partial charge in [-0.05, 0) is 69.7 Å². The highest BCUT2D eigenvalue weighted by molar-refractivity contribution is 5.83. The number of H-pyrrole nitrogens is 1. The number of fused-ring (bicyclic) bond motifs is 1. The summed E-state index contributed by atoms with van der Waals surface area (Å²) >= 11 is 0. The zero-order valence-corrected chi connectivity index (χ0v) is 15.8. The van der Waals surface area contributed by atoms with Crippen LogP contribution in [-0.2, 0) is 0 Å². The highest BCUT2D eigenvalue weighted by Gasteiger charge is 1.97. The van der Waals surface area contributed by atoms with Crippen molar-refractivity contribution in [2.45, 2.75) is 35.1 Å². The van der Waals surface area contributed by atoms with Gasteiger partial charge in [0.1, 0.15) is 11.5 Å². The molecule has 0 atom stereocenters. The Hall–Kier alpha value is -3.00. The second-order valence-electron chi connectivity index (χ2n) is 6.75. The van der Waals surface area contributed by atoms with E-state index in [0.29, 0.717) is 0 Å². The van der Waals surface area contributed by atoms with Crippen LogP contribution in [0.4, 0.5) is 0 Å². The fraction of sp³-hybridized carbons (Fsp3) is 0.200. The number of hydrogen-bond donors (Lipinski definition) is 1. The van der Waals surface area contributed by atoms with Crippen molar-refractivity contribution >= 4 is 10.9 Å². The zero-order valence-electron chi connectivity index (χ0n) is 15.8. The van der Waals surface area contributed by atoms with Gasteiger partial charge < -0.3 is 9.72 Å². The Kier molecular flexibility index (Phi) is 6.84. The predicted octanol–water partition coefficient (Wildman–Crippen LogP) is 7.52. The van der Waals surface area contributed by atoms with Crippen LogP contribution in [-0.4, -0.2) is 4.98 Å². The summed E-state index contributed by atoms with van der Waals surface area (Å²) in [5.74, 6) is 1.76. The van der Waals surface area contributed by atoms with E-state index in [9.17, 15) is 0 Å². The molecule has 0 aliphatic heterocycles. The summed E-state index contributed by atoms with van der Waals surface area (Å²) in [5, 5.41) is 1.34. The minimum absolute atomic E-state index is 0. The molecule has 0 saturated carbocycles. The number of benzene rings is 3. The number of aromatic amines is 1. The van der Waals surface area contributed by atoms with E-state index in [2.05, 4.69) is 50.9 Å². The van der Waals surface area contributed by atoms with Crippen LogP contribution in [0.25, 0.3) is 10.9 Å². The van der Waals surface area contributed by atoms with Crippen molar-refractivity contribution in [2.75, 3.05) is 0 Å². The van der Waals surface area contributed by atoms with Crippen LogP contribution in [0.15, 0.2) is 72.9 Å². The summed E-state index contributed by atoms with van der Waals surface area (Å²) in [6.45, 7) is 8.37. The summed E-state index contributed by atoms with van der Waals surface area (Å²) in [6, 6.07) is 22.6. The third kappa shape index (κ3) is 5.49. The molecule has 0 spiro atoms. The maximum Gasteiger partial charge on any atom is 0.127 e. The van der Waals surface area contributed by atoms with E-state index < -0.39 is 0 Å². The summed E-state index contributed by atoms with van der Waals surface area (Å²) in [6.07, 6.45) is 2.05. The molecule has 0 aliphatic rings. The summed E-state index contributed by atoms with van der Waals surface area (Å²) < 4.78 is 5.69. The molecule has 1 N–H and O–H groups in total. The van der Waals surface area contributed by atoms with E-state index in [-0.39, 0.29) is 7.43 Å². The van der Waals surface area contributed by atoms with E-state index in [1.54, 1.807) is 0 Å². The zero-order chi connectivity index (χ0) is 18.5. The maximum absolute atomic E-state index is 5.69. The molecule has 1 aromatic heterocycles. The lowest BCUT2D eigenvalue weighted by molar-refractivity contribution is 0.482. The van der Waals surface area contributed by atoms with Gasteiger partial charge in [0.2, 0.25) is 0 Å². The highest BCUT2D eigenvalue weighted by atomic mass is 16.5. The Labute approximate surface area is 162 Å². The lowest BCUT2D eigenvalue weighted by Gasteiger charge is -2.05. The van der Waals surface area contributed by atoms with Crippen molar-refractivity contribution in [3.8, 4) is 11.5 Å². The van der Waals surface area contributed by atoms with Gasteiger partial charge in [-0.25, -0.2) is 0 Å². The second-order valence-corrected chi connectivity index (χ2v) is 6.75. The van der Waals surface area contributed by atoms with Crippen molar-refractivity contribution in [2.24, 2.45) is 0 Å². The summed E-state index contributed by atoms with van der Waals surface area (Å²) in [7, 11) is 0. The number of hydrogen-bond acceptors (Lipinski definition) is 1. The average molecular weight is 360 g/mol. The maximum atomic E-state index is 5.69. The molecule has 0 fully saturated rings. The van der Waals surface area contributed by atoms with E-state index in [1.165, 1.54) is 33.2 Å². The van der Waals surface area contributed by atoms with Gasteiger partial charge in [0, 0.05) is 17.1 Å². The van der Waals surface area contributed by atoms with Crippen LogP contribution >= 0.6 is 0 Å². The monoisotopic (exact) mass is 359 g/mol. The van der Waals surface area contributed by atoms with Crippen LogP contribution < -0.4 is 4.74 Å². The molecule has 140 valence electrons.